The monoisotopic (exact) mass is 192 g/mol. The lowest BCUT2D eigenvalue weighted by molar-refractivity contribution is -0.142. The van der Waals surface area contributed by atoms with E-state index in [2.05, 4.69) is 0 Å². The van der Waals surface area contributed by atoms with Crippen LogP contribution in [0.4, 0.5) is 0 Å². The molecule has 0 aromatic rings. The molecule has 0 radical (unpaired) electrons. The Morgan fingerprint density at radius 2 is 2.08 bits per heavy atom. The summed E-state index contributed by atoms with van der Waals surface area (Å²) in [5, 5.41) is 8.68. The Labute approximate surface area is 71.5 Å². The highest BCUT2D eigenvalue weighted by atomic mass is 32.2. The van der Waals surface area contributed by atoms with Crippen LogP contribution in [0.15, 0.2) is 0 Å². The molecule has 2 unspecified atom stereocenters. The zero-order valence-corrected chi connectivity index (χ0v) is 7.67. The van der Waals surface area contributed by atoms with Gasteiger partial charge < -0.3 is 5.11 Å². The quantitative estimate of drug-likeness (QED) is 0.675. The molecule has 1 aliphatic rings. The fraction of sp³-hybridized carbons (Fsp3) is 0.857. The Balaban J connectivity index is 2.83. The number of aliphatic carboxylic acids is 1. The van der Waals surface area contributed by atoms with Gasteiger partial charge in [-0.2, -0.15) is 0 Å². The summed E-state index contributed by atoms with van der Waals surface area (Å²) in [6, 6.07) is 0. The summed E-state index contributed by atoms with van der Waals surface area (Å²) in [6.07, 6.45) is 0.621. The van der Waals surface area contributed by atoms with Gasteiger partial charge in [-0.15, -0.1) is 0 Å². The maximum atomic E-state index is 11.1. The number of sulfone groups is 1. The molecule has 2 atom stereocenters. The first-order valence-electron chi connectivity index (χ1n) is 3.89. The van der Waals surface area contributed by atoms with E-state index in [0.29, 0.717) is 6.42 Å². The standard InChI is InChI=1S/C7H12O4S/c1-2-5-3-12(10,11)4-6(5)7(8)9/h5-6H,2-4H2,1H3,(H,8,9). The average Bonchev–Trinajstić information content (AvgIpc) is 2.25. The highest BCUT2D eigenvalue weighted by Crippen LogP contribution is 2.27. The second-order valence-electron chi connectivity index (χ2n) is 3.19. The van der Waals surface area contributed by atoms with E-state index in [0.717, 1.165) is 0 Å². The van der Waals surface area contributed by atoms with Gasteiger partial charge >= 0.3 is 5.97 Å². The smallest absolute Gasteiger partial charge is 0.307 e. The Morgan fingerprint density at radius 3 is 2.42 bits per heavy atom. The van der Waals surface area contributed by atoms with Crippen molar-refractivity contribution in [2.45, 2.75) is 13.3 Å². The highest BCUT2D eigenvalue weighted by molar-refractivity contribution is 7.91. The van der Waals surface area contributed by atoms with Crippen LogP contribution in [0.2, 0.25) is 0 Å². The van der Waals surface area contributed by atoms with E-state index in [-0.39, 0.29) is 17.4 Å². The van der Waals surface area contributed by atoms with Crippen molar-refractivity contribution in [2.75, 3.05) is 11.5 Å². The molecule has 12 heavy (non-hydrogen) atoms. The molecule has 0 aromatic carbocycles. The maximum absolute atomic E-state index is 11.1. The molecular weight excluding hydrogens is 180 g/mol. The Hall–Kier alpha value is -0.580. The van der Waals surface area contributed by atoms with Crippen molar-refractivity contribution < 1.29 is 18.3 Å². The van der Waals surface area contributed by atoms with Crippen molar-refractivity contribution in [3.63, 3.8) is 0 Å². The zero-order chi connectivity index (χ0) is 9.35. The number of carboxylic acid groups (broad SMARTS) is 1. The summed E-state index contributed by atoms with van der Waals surface area (Å²) in [4.78, 5) is 10.6. The second-order valence-corrected chi connectivity index (χ2v) is 5.34. The minimum absolute atomic E-state index is 0.0421. The van der Waals surface area contributed by atoms with E-state index < -0.39 is 21.7 Å². The van der Waals surface area contributed by atoms with E-state index in [1.165, 1.54) is 0 Å². The zero-order valence-electron chi connectivity index (χ0n) is 6.86. The predicted octanol–water partition coefficient (Wildman–Crippen LogP) is 0.142. The molecule has 0 amide bonds. The molecule has 0 bridgehead atoms. The third-order valence-electron chi connectivity index (χ3n) is 2.31. The van der Waals surface area contributed by atoms with Crippen LogP contribution < -0.4 is 0 Å². The maximum Gasteiger partial charge on any atom is 0.307 e. The Bertz CT molecular complexity index is 280. The lowest BCUT2D eigenvalue weighted by Gasteiger charge is -2.09. The average molecular weight is 192 g/mol. The van der Waals surface area contributed by atoms with Gasteiger partial charge in [-0.1, -0.05) is 13.3 Å². The van der Waals surface area contributed by atoms with Gasteiger partial charge in [0.25, 0.3) is 0 Å². The van der Waals surface area contributed by atoms with Gasteiger partial charge in [0.1, 0.15) is 0 Å². The van der Waals surface area contributed by atoms with Crippen LogP contribution in [0.25, 0.3) is 0 Å². The number of carboxylic acids is 1. The van der Waals surface area contributed by atoms with E-state index >= 15 is 0 Å². The molecule has 0 saturated carbocycles. The van der Waals surface area contributed by atoms with E-state index in [4.69, 9.17) is 5.11 Å². The van der Waals surface area contributed by atoms with E-state index in [1.807, 2.05) is 6.92 Å². The predicted molar refractivity (Wildman–Crippen MR) is 43.6 cm³/mol. The molecular formula is C7H12O4S. The molecule has 0 aliphatic carbocycles. The molecule has 1 aliphatic heterocycles. The van der Waals surface area contributed by atoms with Crippen molar-refractivity contribution >= 4 is 15.8 Å². The minimum Gasteiger partial charge on any atom is -0.481 e. The topological polar surface area (TPSA) is 71.4 Å². The van der Waals surface area contributed by atoms with E-state index in [1.54, 1.807) is 0 Å². The van der Waals surface area contributed by atoms with Gasteiger partial charge in [0.2, 0.25) is 0 Å². The van der Waals surface area contributed by atoms with Crippen molar-refractivity contribution in [3.05, 3.63) is 0 Å². The van der Waals surface area contributed by atoms with Crippen molar-refractivity contribution in [2.24, 2.45) is 11.8 Å². The third kappa shape index (κ3) is 1.77. The summed E-state index contributed by atoms with van der Waals surface area (Å²) in [7, 11) is -3.08. The van der Waals surface area contributed by atoms with Crippen LogP contribution in [0.1, 0.15) is 13.3 Å². The Kier molecular flexibility index (Phi) is 2.41. The van der Waals surface area contributed by atoms with Crippen LogP contribution >= 0.6 is 0 Å². The van der Waals surface area contributed by atoms with Crippen molar-refractivity contribution in [3.8, 4) is 0 Å². The molecule has 0 aromatic heterocycles. The lowest BCUT2D eigenvalue weighted by Crippen LogP contribution is -2.21. The fourth-order valence-corrected chi connectivity index (χ4v) is 3.81. The minimum atomic E-state index is -3.08. The second kappa shape index (κ2) is 3.05. The molecule has 0 spiro atoms. The van der Waals surface area contributed by atoms with Crippen molar-refractivity contribution in [1.29, 1.82) is 0 Å². The van der Waals surface area contributed by atoms with Gasteiger partial charge in [-0.05, 0) is 5.92 Å². The van der Waals surface area contributed by atoms with Gasteiger partial charge in [-0.3, -0.25) is 4.79 Å². The van der Waals surface area contributed by atoms with Gasteiger partial charge in [0.15, 0.2) is 9.84 Å². The first kappa shape index (κ1) is 9.51. The fourth-order valence-electron chi connectivity index (χ4n) is 1.60. The van der Waals surface area contributed by atoms with Gasteiger partial charge in [0.05, 0.1) is 17.4 Å². The molecule has 1 saturated heterocycles. The molecule has 1 fully saturated rings. The van der Waals surface area contributed by atoms with Gasteiger partial charge in [0, 0.05) is 0 Å². The van der Waals surface area contributed by atoms with Crippen LogP contribution in [-0.2, 0) is 14.6 Å². The molecule has 1 N–H and O–H groups in total. The molecule has 1 heterocycles. The first-order valence-corrected chi connectivity index (χ1v) is 5.71. The molecule has 5 heteroatoms. The first-order chi connectivity index (χ1) is 5.46. The summed E-state index contributed by atoms with van der Waals surface area (Å²) < 4.78 is 22.1. The number of hydrogen-bond donors (Lipinski definition) is 1. The van der Waals surface area contributed by atoms with Crippen LogP contribution in [0, 0.1) is 11.8 Å². The summed E-state index contributed by atoms with van der Waals surface area (Å²) >= 11 is 0. The summed E-state index contributed by atoms with van der Waals surface area (Å²) in [6.45, 7) is 1.82. The largest absolute Gasteiger partial charge is 0.481 e. The van der Waals surface area contributed by atoms with Crippen LogP contribution in [-0.4, -0.2) is 31.0 Å². The molecule has 70 valence electrons. The normalized spacial score (nSPS) is 33.4. The highest BCUT2D eigenvalue weighted by Gasteiger charge is 2.40. The number of rotatable bonds is 2. The summed E-state index contributed by atoms with van der Waals surface area (Å²) in [5.74, 6) is -1.99. The van der Waals surface area contributed by atoms with Crippen LogP contribution in [0.5, 0.6) is 0 Å². The SMILES string of the molecule is CCC1CS(=O)(=O)CC1C(=O)O. The van der Waals surface area contributed by atoms with Gasteiger partial charge in [-0.25, -0.2) is 8.42 Å². The number of carbonyl (C=O) groups is 1. The number of hydrogen-bond acceptors (Lipinski definition) is 3. The molecule has 4 nitrogen and oxygen atoms in total. The van der Waals surface area contributed by atoms with E-state index in [9.17, 15) is 13.2 Å². The lowest BCUT2D eigenvalue weighted by atomic mass is 9.94. The Morgan fingerprint density at radius 1 is 1.50 bits per heavy atom. The summed E-state index contributed by atoms with van der Waals surface area (Å²) in [5.41, 5.74) is 0. The van der Waals surface area contributed by atoms with Crippen molar-refractivity contribution in [1.82, 2.24) is 0 Å². The molecule has 1 rings (SSSR count). The third-order valence-corrected chi connectivity index (χ3v) is 4.12. The van der Waals surface area contributed by atoms with Crippen LogP contribution in [0.3, 0.4) is 0 Å².